The van der Waals surface area contributed by atoms with E-state index in [1.54, 1.807) is 4.90 Å². The van der Waals surface area contributed by atoms with Gasteiger partial charge in [-0.15, -0.1) is 0 Å². The summed E-state index contributed by atoms with van der Waals surface area (Å²) >= 11 is 0. The molecule has 1 aliphatic rings. The average molecular weight is 314 g/mol. The molecule has 0 saturated carbocycles. The highest BCUT2D eigenvalue weighted by atomic mass is 19.4. The molecule has 1 heterocycles. The Hall–Kier alpha value is -2.05. The molecule has 0 aromatic heterocycles. The van der Waals surface area contributed by atoms with Crippen LogP contribution >= 0.6 is 0 Å². The maximum absolute atomic E-state index is 13.0. The van der Waals surface area contributed by atoms with Gasteiger partial charge >= 0.3 is 6.18 Å². The number of likely N-dealkylation sites (N-methyl/N-ethyl adjacent to an activating group) is 1. The highest BCUT2D eigenvalue weighted by Crippen LogP contribution is 2.32. The molecule has 0 atom stereocenters. The van der Waals surface area contributed by atoms with Crippen LogP contribution in [0.3, 0.4) is 0 Å². The van der Waals surface area contributed by atoms with Crippen molar-refractivity contribution in [3.8, 4) is 0 Å². The second-order valence-corrected chi connectivity index (χ2v) is 5.06. The smallest absolute Gasteiger partial charge is 0.341 e. The van der Waals surface area contributed by atoms with Gasteiger partial charge in [0.05, 0.1) is 11.1 Å². The Morgan fingerprint density at radius 3 is 2.50 bits per heavy atom. The van der Waals surface area contributed by atoms with Gasteiger partial charge in [0.2, 0.25) is 5.91 Å². The van der Waals surface area contributed by atoms with Crippen molar-refractivity contribution in [2.45, 2.75) is 19.5 Å². The van der Waals surface area contributed by atoms with Crippen molar-refractivity contribution < 1.29 is 22.8 Å². The zero-order chi connectivity index (χ0) is 16.3. The molecule has 0 radical (unpaired) electrons. The molecular weight excluding hydrogens is 297 g/mol. The zero-order valence-corrected chi connectivity index (χ0v) is 12.2. The number of alkyl halides is 3. The molecule has 7 heteroatoms. The van der Waals surface area contributed by atoms with Gasteiger partial charge in [-0.1, -0.05) is 12.1 Å². The van der Waals surface area contributed by atoms with Crippen molar-refractivity contribution >= 4 is 11.8 Å². The van der Waals surface area contributed by atoms with E-state index >= 15 is 0 Å². The van der Waals surface area contributed by atoms with Crippen molar-refractivity contribution in [3.63, 3.8) is 0 Å². The van der Waals surface area contributed by atoms with Gasteiger partial charge in [0.15, 0.2) is 0 Å². The summed E-state index contributed by atoms with van der Waals surface area (Å²) in [5.41, 5.74) is -1.31. The largest absolute Gasteiger partial charge is 0.417 e. The van der Waals surface area contributed by atoms with Crippen LogP contribution in [0.15, 0.2) is 24.3 Å². The first-order valence-corrected chi connectivity index (χ1v) is 7.08. The molecule has 0 spiro atoms. The van der Waals surface area contributed by atoms with E-state index in [0.29, 0.717) is 13.1 Å². The van der Waals surface area contributed by atoms with Crippen molar-refractivity contribution in [1.29, 1.82) is 0 Å². The zero-order valence-electron chi connectivity index (χ0n) is 12.2. The van der Waals surface area contributed by atoms with Crippen LogP contribution in [0, 0.1) is 0 Å². The first kappa shape index (κ1) is 16.3. The molecule has 4 nitrogen and oxygen atoms in total. The first-order chi connectivity index (χ1) is 10.3. The number of carbonyl (C=O) groups excluding carboxylic acids is 2. The van der Waals surface area contributed by atoms with Crippen molar-refractivity contribution in [1.82, 2.24) is 9.80 Å². The molecule has 1 fully saturated rings. The lowest BCUT2D eigenvalue weighted by atomic mass is 10.1. The lowest BCUT2D eigenvalue weighted by molar-refractivity contribution is -0.138. The molecule has 22 heavy (non-hydrogen) atoms. The molecule has 0 aliphatic carbocycles. The summed E-state index contributed by atoms with van der Waals surface area (Å²) in [7, 11) is 0. The summed E-state index contributed by atoms with van der Waals surface area (Å²) in [6, 6.07) is 4.73. The maximum Gasteiger partial charge on any atom is 0.417 e. The molecule has 1 saturated heterocycles. The molecular formula is C15H17F3N2O2. The van der Waals surface area contributed by atoms with Crippen LogP contribution in [0.2, 0.25) is 0 Å². The fourth-order valence-corrected chi connectivity index (χ4v) is 2.49. The van der Waals surface area contributed by atoms with E-state index in [2.05, 4.69) is 0 Å². The monoisotopic (exact) mass is 314 g/mol. The Morgan fingerprint density at radius 2 is 1.86 bits per heavy atom. The van der Waals surface area contributed by atoms with Gasteiger partial charge < -0.3 is 9.80 Å². The van der Waals surface area contributed by atoms with Crippen molar-refractivity contribution in [3.05, 3.63) is 35.4 Å². The molecule has 0 N–H and O–H groups in total. The van der Waals surface area contributed by atoms with E-state index in [4.69, 9.17) is 0 Å². The fraction of sp³-hybridized carbons (Fsp3) is 0.467. The molecule has 2 rings (SSSR count). The number of carbonyl (C=O) groups is 2. The van der Waals surface area contributed by atoms with E-state index in [1.807, 2.05) is 6.92 Å². The van der Waals surface area contributed by atoms with Crippen LogP contribution < -0.4 is 0 Å². The second kappa shape index (κ2) is 6.37. The van der Waals surface area contributed by atoms with Gasteiger partial charge in [0.25, 0.3) is 5.91 Å². The Morgan fingerprint density at radius 1 is 1.18 bits per heavy atom. The van der Waals surface area contributed by atoms with Gasteiger partial charge in [0, 0.05) is 32.6 Å². The van der Waals surface area contributed by atoms with E-state index < -0.39 is 17.6 Å². The lowest BCUT2D eigenvalue weighted by Gasteiger charge is -2.22. The standard InChI is InChI=1S/C15H17F3N2O2/c1-2-19-9-10-20(8-7-13(19)21)14(22)11-5-3-4-6-12(11)15(16,17)18/h3-6H,2,7-10H2,1H3. The van der Waals surface area contributed by atoms with E-state index in [9.17, 15) is 22.8 Å². The third-order valence-electron chi connectivity index (χ3n) is 3.72. The summed E-state index contributed by atoms with van der Waals surface area (Å²) in [5, 5.41) is 0. The van der Waals surface area contributed by atoms with Crippen LogP contribution in [-0.2, 0) is 11.0 Å². The number of benzene rings is 1. The third kappa shape index (κ3) is 3.40. The Balaban J connectivity index is 2.24. The summed E-state index contributed by atoms with van der Waals surface area (Å²) in [6.07, 6.45) is -4.45. The lowest BCUT2D eigenvalue weighted by Crippen LogP contribution is -2.36. The number of hydrogen-bond donors (Lipinski definition) is 0. The van der Waals surface area contributed by atoms with Crippen LogP contribution in [0.1, 0.15) is 29.3 Å². The summed E-state index contributed by atoms with van der Waals surface area (Å²) in [6.45, 7) is 3.08. The minimum Gasteiger partial charge on any atom is -0.341 e. The van der Waals surface area contributed by atoms with E-state index in [0.717, 1.165) is 6.07 Å². The van der Waals surface area contributed by atoms with Gasteiger partial charge in [0.1, 0.15) is 0 Å². The van der Waals surface area contributed by atoms with Gasteiger partial charge in [-0.25, -0.2) is 0 Å². The van der Waals surface area contributed by atoms with Gasteiger partial charge in [-0.2, -0.15) is 13.2 Å². The van der Waals surface area contributed by atoms with E-state index in [1.165, 1.54) is 23.1 Å². The quantitative estimate of drug-likeness (QED) is 0.841. The van der Waals surface area contributed by atoms with Crippen LogP contribution in [0.4, 0.5) is 13.2 Å². The Labute approximate surface area is 126 Å². The van der Waals surface area contributed by atoms with Gasteiger partial charge in [-0.3, -0.25) is 9.59 Å². The average Bonchev–Trinajstić information content (AvgIpc) is 2.67. The molecule has 1 aromatic rings. The number of amides is 2. The number of hydrogen-bond acceptors (Lipinski definition) is 2. The minimum absolute atomic E-state index is 0.0816. The summed E-state index contributed by atoms with van der Waals surface area (Å²) in [4.78, 5) is 27.1. The predicted octanol–water partition coefficient (Wildman–Crippen LogP) is 2.40. The van der Waals surface area contributed by atoms with Crippen LogP contribution in [-0.4, -0.2) is 47.8 Å². The number of nitrogens with zero attached hydrogens (tertiary/aromatic N) is 2. The van der Waals surface area contributed by atoms with Gasteiger partial charge in [-0.05, 0) is 19.1 Å². The first-order valence-electron chi connectivity index (χ1n) is 7.08. The molecule has 2 amide bonds. The molecule has 0 unspecified atom stereocenters. The number of rotatable bonds is 2. The highest BCUT2D eigenvalue weighted by Gasteiger charge is 2.36. The number of halogens is 3. The fourth-order valence-electron chi connectivity index (χ4n) is 2.49. The third-order valence-corrected chi connectivity index (χ3v) is 3.72. The molecule has 0 bridgehead atoms. The normalized spacial score (nSPS) is 16.6. The predicted molar refractivity (Wildman–Crippen MR) is 74.2 cm³/mol. The highest BCUT2D eigenvalue weighted by molar-refractivity contribution is 5.96. The SMILES string of the molecule is CCN1CCN(C(=O)c2ccccc2C(F)(F)F)CCC1=O. The van der Waals surface area contributed by atoms with E-state index in [-0.39, 0.29) is 31.0 Å². The molecule has 1 aromatic carbocycles. The molecule has 120 valence electrons. The topological polar surface area (TPSA) is 40.6 Å². The molecule has 1 aliphatic heterocycles. The van der Waals surface area contributed by atoms with Crippen molar-refractivity contribution in [2.75, 3.05) is 26.2 Å². The van der Waals surface area contributed by atoms with Crippen LogP contribution in [0.5, 0.6) is 0 Å². The Kier molecular flexibility index (Phi) is 4.73. The second-order valence-electron chi connectivity index (χ2n) is 5.06. The Bertz CT molecular complexity index is 572. The summed E-state index contributed by atoms with van der Waals surface area (Å²) in [5.74, 6) is -0.763. The van der Waals surface area contributed by atoms with Crippen molar-refractivity contribution in [2.24, 2.45) is 0 Å². The van der Waals surface area contributed by atoms with Crippen LogP contribution in [0.25, 0.3) is 0 Å². The summed E-state index contributed by atoms with van der Waals surface area (Å²) < 4.78 is 39.0. The maximum atomic E-state index is 13.0. The minimum atomic E-state index is -4.58.